The molecule has 1 aromatic rings. The summed E-state index contributed by atoms with van der Waals surface area (Å²) in [5, 5.41) is 0. The Bertz CT molecular complexity index is 413. The maximum absolute atomic E-state index is 12.3. The van der Waals surface area contributed by atoms with E-state index in [-0.39, 0.29) is 17.9 Å². The van der Waals surface area contributed by atoms with Gasteiger partial charge < -0.3 is 0 Å². The first-order chi connectivity index (χ1) is 9.48. The van der Waals surface area contributed by atoms with Crippen LogP contribution in [0.15, 0.2) is 30.3 Å². The van der Waals surface area contributed by atoms with Gasteiger partial charge in [-0.2, -0.15) is 13.2 Å². The monoisotopic (exact) mass is 286 g/mol. The highest BCUT2D eigenvalue weighted by molar-refractivity contribution is 5.30. The lowest BCUT2D eigenvalue weighted by Crippen LogP contribution is -2.55. The Morgan fingerprint density at radius 2 is 1.85 bits per heavy atom. The minimum absolute atomic E-state index is 0.0956. The second kappa shape index (κ2) is 6.14. The Morgan fingerprint density at radius 3 is 2.30 bits per heavy atom. The molecule has 3 N–H and O–H groups in total. The van der Waals surface area contributed by atoms with Crippen molar-refractivity contribution in [3.63, 3.8) is 0 Å². The van der Waals surface area contributed by atoms with Gasteiger partial charge in [0.2, 0.25) is 0 Å². The van der Waals surface area contributed by atoms with Gasteiger partial charge in [0.1, 0.15) is 0 Å². The van der Waals surface area contributed by atoms with Gasteiger partial charge in [-0.05, 0) is 31.2 Å². The first-order valence-electron chi connectivity index (χ1n) is 7.06. The Kier molecular flexibility index (Phi) is 4.70. The first-order valence-corrected chi connectivity index (χ1v) is 7.06. The van der Waals surface area contributed by atoms with Gasteiger partial charge in [-0.1, -0.05) is 36.8 Å². The number of hydrogen-bond acceptors (Lipinski definition) is 2. The normalized spacial score (nSPS) is 19.4. The minimum Gasteiger partial charge on any atom is -0.271 e. The molecule has 0 aromatic heterocycles. The van der Waals surface area contributed by atoms with Gasteiger partial charge in [0.25, 0.3) is 0 Å². The van der Waals surface area contributed by atoms with Crippen molar-refractivity contribution < 1.29 is 13.2 Å². The van der Waals surface area contributed by atoms with Crippen molar-refractivity contribution in [1.82, 2.24) is 5.43 Å². The van der Waals surface area contributed by atoms with E-state index in [1.807, 2.05) is 30.3 Å². The van der Waals surface area contributed by atoms with E-state index in [0.29, 0.717) is 6.42 Å². The van der Waals surface area contributed by atoms with Crippen molar-refractivity contribution in [3.05, 3.63) is 35.9 Å². The summed E-state index contributed by atoms with van der Waals surface area (Å²) >= 11 is 0. The van der Waals surface area contributed by atoms with Crippen molar-refractivity contribution in [1.29, 1.82) is 0 Å². The number of hydrazine groups is 1. The Hall–Kier alpha value is -1.07. The summed E-state index contributed by atoms with van der Waals surface area (Å²) in [7, 11) is 0. The third-order valence-electron chi connectivity index (χ3n) is 4.42. The molecule has 1 unspecified atom stereocenters. The number of nitrogens with two attached hydrogens (primary N) is 1. The average Bonchev–Trinajstić information content (AvgIpc) is 2.35. The van der Waals surface area contributed by atoms with E-state index < -0.39 is 12.6 Å². The summed E-state index contributed by atoms with van der Waals surface area (Å²) in [6.45, 7) is 0. The van der Waals surface area contributed by atoms with Crippen LogP contribution in [-0.2, 0) is 5.41 Å². The van der Waals surface area contributed by atoms with Crippen LogP contribution in [0.4, 0.5) is 13.2 Å². The van der Waals surface area contributed by atoms with Gasteiger partial charge >= 0.3 is 6.18 Å². The molecular weight excluding hydrogens is 265 g/mol. The van der Waals surface area contributed by atoms with Crippen molar-refractivity contribution in [3.8, 4) is 0 Å². The van der Waals surface area contributed by atoms with Crippen molar-refractivity contribution in [2.75, 3.05) is 0 Å². The minimum atomic E-state index is -4.08. The molecule has 2 nitrogen and oxygen atoms in total. The summed E-state index contributed by atoms with van der Waals surface area (Å²) in [5.41, 5.74) is 3.85. The lowest BCUT2D eigenvalue weighted by Gasteiger charge is -2.48. The first kappa shape index (κ1) is 15.3. The molecule has 2 rings (SSSR count). The highest BCUT2D eigenvalue weighted by Crippen LogP contribution is 2.47. The maximum atomic E-state index is 12.3. The van der Waals surface area contributed by atoms with E-state index >= 15 is 0 Å². The molecule has 1 fully saturated rings. The molecule has 1 aliphatic carbocycles. The molecule has 20 heavy (non-hydrogen) atoms. The quantitative estimate of drug-likeness (QED) is 0.618. The molecule has 0 heterocycles. The molecule has 0 aliphatic heterocycles. The van der Waals surface area contributed by atoms with Crippen LogP contribution in [0, 0.1) is 0 Å². The van der Waals surface area contributed by atoms with Crippen LogP contribution in [0.5, 0.6) is 0 Å². The zero-order chi connectivity index (χ0) is 14.6. The van der Waals surface area contributed by atoms with E-state index in [4.69, 9.17) is 5.84 Å². The van der Waals surface area contributed by atoms with E-state index in [2.05, 4.69) is 5.43 Å². The Morgan fingerprint density at radius 1 is 1.20 bits per heavy atom. The third-order valence-corrected chi connectivity index (χ3v) is 4.42. The molecule has 0 spiro atoms. The number of nitrogens with one attached hydrogen (secondary N) is 1. The van der Waals surface area contributed by atoms with Gasteiger partial charge in [0, 0.05) is 17.9 Å². The predicted molar refractivity (Wildman–Crippen MR) is 73.0 cm³/mol. The van der Waals surface area contributed by atoms with Crippen LogP contribution in [0.1, 0.15) is 44.1 Å². The average molecular weight is 286 g/mol. The maximum Gasteiger partial charge on any atom is 0.389 e. The van der Waals surface area contributed by atoms with Crippen LogP contribution < -0.4 is 11.3 Å². The molecule has 1 aromatic carbocycles. The molecule has 1 aliphatic rings. The van der Waals surface area contributed by atoms with E-state index in [1.54, 1.807) is 0 Å². The number of alkyl halides is 3. The fraction of sp³-hybridized carbons (Fsp3) is 0.600. The van der Waals surface area contributed by atoms with Crippen LogP contribution >= 0.6 is 0 Å². The van der Waals surface area contributed by atoms with Crippen LogP contribution in [0.3, 0.4) is 0 Å². The van der Waals surface area contributed by atoms with Crippen molar-refractivity contribution in [2.24, 2.45) is 5.84 Å². The summed E-state index contributed by atoms with van der Waals surface area (Å²) in [6.07, 6.45) is -1.19. The molecule has 1 atom stereocenters. The van der Waals surface area contributed by atoms with Gasteiger partial charge in [0.05, 0.1) is 0 Å². The van der Waals surface area contributed by atoms with Crippen molar-refractivity contribution >= 4 is 0 Å². The van der Waals surface area contributed by atoms with Gasteiger partial charge in [-0.25, -0.2) is 0 Å². The number of benzene rings is 1. The molecule has 0 bridgehead atoms. The lowest BCUT2D eigenvalue weighted by atomic mass is 9.59. The number of rotatable bonds is 6. The SMILES string of the molecule is NNC(CCCC(F)(F)F)C1(c2ccccc2)CCC1. The standard InChI is InChI=1S/C15H21F3N2/c16-15(17,18)11-4-8-13(20-19)14(9-5-10-14)12-6-2-1-3-7-12/h1-3,6-7,13,20H,4-5,8-11,19H2. The number of hydrogen-bond donors (Lipinski definition) is 2. The van der Waals surface area contributed by atoms with Crippen LogP contribution in [0.2, 0.25) is 0 Å². The lowest BCUT2D eigenvalue weighted by molar-refractivity contribution is -0.136. The topological polar surface area (TPSA) is 38.0 Å². The summed E-state index contributed by atoms with van der Waals surface area (Å²) in [6, 6.07) is 9.89. The fourth-order valence-electron chi connectivity index (χ4n) is 3.19. The molecular formula is C15H21F3N2. The Labute approximate surface area is 117 Å². The molecule has 0 radical (unpaired) electrons. The molecule has 5 heteroatoms. The van der Waals surface area contributed by atoms with E-state index in [9.17, 15) is 13.2 Å². The highest BCUT2D eigenvalue weighted by atomic mass is 19.4. The fourth-order valence-corrected chi connectivity index (χ4v) is 3.19. The molecule has 112 valence electrons. The second-order valence-corrected chi connectivity index (χ2v) is 5.60. The largest absolute Gasteiger partial charge is 0.389 e. The zero-order valence-electron chi connectivity index (χ0n) is 11.4. The molecule has 1 saturated carbocycles. The van der Waals surface area contributed by atoms with Gasteiger partial charge in [0.15, 0.2) is 0 Å². The predicted octanol–water partition coefficient (Wildman–Crippen LogP) is 3.67. The molecule has 0 amide bonds. The van der Waals surface area contributed by atoms with Crippen molar-refractivity contribution in [2.45, 2.75) is 56.2 Å². The Balaban J connectivity index is 2.05. The summed E-state index contributed by atoms with van der Waals surface area (Å²) < 4.78 is 36.8. The van der Waals surface area contributed by atoms with Gasteiger partial charge in [-0.3, -0.25) is 11.3 Å². The van der Waals surface area contributed by atoms with E-state index in [0.717, 1.165) is 19.3 Å². The second-order valence-electron chi connectivity index (χ2n) is 5.60. The molecule has 0 saturated heterocycles. The van der Waals surface area contributed by atoms with Crippen LogP contribution in [-0.4, -0.2) is 12.2 Å². The summed E-state index contributed by atoms with van der Waals surface area (Å²) in [5.74, 6) is 5.62. The number of halogens is 3. The zero-order valence-corrected chi connectivity index (χ0v) is 11.4. The van der Waals surface area contributed by atoms with Gasteiger partial charge in [-0.15, -0.1) is 0 Å². The van der Waals surface area contributed by atoms with Crippen LogP contribution in [0.25, 0.3) is 0 Å². The van der Waals surface area contributed by atoms with E-state index in [1.165, 1.54) is 5.56 Å². The third kappa shape index (κ3) is 3.33. The highest BCUT2D eigenvalue weighted by Gasteiger charge is 2.45. The smallest absolute Gasteiger partial charge is 0.271 e. The summed E-state index contributed by atoms with van der Waals surface area (Å²) in [4.78, 5) is 0.